The molecular formula is C21H18N6O. The average molecular weight is 370 g/mol. The molecule has 0 saturated carbocycles. The van der Waals surface area contributed by atoms with Crippen LogP contribution in [0.3, 0.4) is 0 Å². The third-order valence-corrected chi connectivity index (χ3v) is 4.52. The third-order valence-electron chi connectivity index (χ3n) is 4.52. The molecule has 0 amide bonds. The first kappa shape index (κ1) is 16.3. The molecule has 0 fully saturated rings. The second kappa shape index (κ2) is 6.70. The predicted octanol–water partition coefficient (Wildman–Crippen LogP) is 4.41. The van der Waals surface area contributed by atoms with Crippen LogP contribution in [-0.4, -0.2) is 31.2 Å². The molecule has 7 nitrogen and oxygen atoms in total. The highest BCUT2D eigenvalue weighted by atomic mass is 16.5. The molecule has 0 aliphatic carbocycles. The Morgan fingerprint density at radius 1 is 1.18 bits per heavy atom. The molecular weight excluding hydrogens is 352 g/mol. The van der Waals surface area contributed by atoms with Gasteiger partial charge >= 0.3 is 0 Å². The quantitative estimate of drug-likeness (QED) is 0.479. The summed E-state index contributed by atoms with van der Waals surface area (Å²) < 4.78 is 7.56. The van der Waals surface area contributed by atoms with Crippen LogP contribution in [0.4, 0.5) is 11.5 Å². The van der Waals surface area contributed by atoms with Crippen molar-refractivity contribution >= 4 is 28.1 Å². The summed E-state index contributed by atoms with van der Waals surface area (Å²) in [7, 11) is 0. The molecule has 3 heterocycles. The van der Waals surface area contributed by atoms with Gasteiger partial charge in [0.2, 0.25) is 0 Å². The number of ether oxygens (including phenoxy) is 1. The van der Waals surface area contributed by atoms with Crippen LogP contribution in [0.1, 0.15) is 6.92 Å². The fraction of sp³-hybridized carbons (Fsp3) is 0.0952. The standard InChI is InChI=1S/C21H18N6O/c1-2-28-17-5-3-4-16(11-17)24-20-21-22-8-9-27(21)13-19(25-20)14-6-7-15-12-23-26-18(15)10-14/h3-13H,2H2,1H3,(H,23,26)(H,24,25). The first-order valence-corrected chi connectivity index (χ1v) is 9.07. The summed E-state index contributed by atoms with van der Waals surface area (Å²) in [6.07, 6.45) is 7.46. The van der Waals surface area contributed by atoms with Gasteiger partial charge in [-0.1, -0.05) is 18.2 Å². The number of anilines is 2. The molecule has 0 atom stereocenters. The number of nitrogens with zero attached hydrogens (tertiary/aromatic N) is 4. The zero-order chi connectivity index (χ0) is 18.9. The van der Waals surface area contributed by atoms with Gasteiger partial charge in [-0.25, -0.2) is 9.97 Å². The number of aromatic amines is 1. The van der Waals surface area contributed by atoms with E-state index in [4.69, 9.17) is 9.72 Å². The Hall–Kier alpha value is -3.87. The van der Waals surface area contributed by atoms with Crippen molar-refractivity contribution in [2.24, 2.45) is 0 Å². The van der Waals surface area contributed by atoms with Crippen molar-refractivity contribution in [1.29, 1.82) is 0 Å². The molecule has 0 bridgehead atoms. The number of hydrogen-bond donors (Lipinski definition) is 2. The minimum atomic E-state index is 0.623. The summed E-state index contributed by atoms with van der Waals surface area (Å²) in [5.41, 5.74) is 4.46. The Kier molecular flexibility index (Phi) is 3.90. The highest BCUT2D eigenvalue weighted by molar-refractivity contribution is 5.84. The van der Waals surface area contributed by atoms with E-state index in [1.807, 2.05) is 72.4 Å². The Morgan fingerprint density at radius 2 is 2.14 bits per heavy atom. The van der Waals surface area contributed by atoms with Crippen molar-refractivity contribution in [2.75, 3.05) is 11.9 Å². The van der Waals surface area contributed by atoms with Crippen molar-refractivity contribution in [3.05, 3.63) is 67.3 Å². The maximum absolute atomic E-state index is 5.59. The van der Waals surface area contributed by atoms with E-state index in [2.05, 4.69) is 20.5 Å². The Morgan fingerprint density at radius 3 is 3.07 bits per heavy atom. The van der Waals surface area contributed by atoms with Crippen molar-refractivity contribution in [3.8, 4) is 17.0 Å². The number of fused-ring (bicyclic) bond motifs is 2. The van der Waals surface area contributed by atoms with Crippen LogP contribution in [-0.2, 0) is 0 Å². The van der Waals surface area contributed by atoms with Crippen LogP contribution >= 0.6 is 0 Å². The molecule has 0 spiro atoms. The van der Waals surface area contributed by atoms with Gasteiger partial charge in [0.05, 0.1) is 24.0 Å². The SMILES string of the molecule is CCOc1cccc(Nc2nc(-c3ccc4cn[nH]c4c3)cn3ccnc23)c1. The molecule has 0 aliphatic heterocycles. The Labute approximate surface area is 161 Å². The summed E-state index contributed by atoms with van der Waals surface area (Å²) in [6.45, 7) is 2.59. The van der Waals surface area contributed by atoms with Crippen molar-refractivity contribution < 1.29 is 4.74 Å². The van der Waals surface area contributed by atoms with Gasteiger partial charge in [-0.05, 0) is 25.1 Å². The largest absolute Gasteiger partial charge is 0.494 e. The first-order valence-electron chi connectivity index (χ1n) is 9.07. The van der Waals surface area contributed by atoms with E-state index in [1.165, 1.54) is 0 Å². The van der Waals surface area contributed by atoms with E-state index in [0.29, 0.717) is 12.4 Å². The molecule has 138 valence electrons. The molecule has 3 aromatic heterocycles. The van der Waals surface area contributed by atoms with Gasteiger partial charge in [0.15, 0.2) is 11.5 Å². The number of H-pyrrole nitrogens is 1. The zero-order valence-electron chi connectivity index (χ0n) is 15.3. The minimum absolute atomic E-state index is 0.623. The molecule has 2 aromatic carbocycles. The highest BCUT2D eigenvalue weighted by Gasteiger charge is 2.11. The first-order chi connectivity index (χ1) is 13.8. The summed E-state index contributed by atoms with van der Waals surface area (Å²) in [5, 5.41) is 11.5. The van der Waals surface area contributed by atoms with Crippen molar-refractivity contribution in [3.63, 3.8) is 0 Å². The maximum atomic E-state index is 5.59. The normalized spacial score (nSPS) is 11.2. The van der Waals surface area contributed by atoms with Crippen LogP contribution in [0.25, 0.3) is 27.8 Å². The smallest absolute Gasteiger partial charge is 0.180 e. The lowest BCUT2D eigenvalue weighted by molar-refractivity contribution is 0.340. The maximum Gasteiger partial charge on any atom is 0.180 e. The molecule has 0 unspecified atom stereocenters. The van der Waals surface area contributed by atoms with E-state index >= 15 is 0 Å². The lowest BCUT2D eigenvalue weighted by Gasteiger charge is -2.11. The number of aromatic nitrogens is 5. The number of benzene rings is 2. The second-order valence-corrected chi connectivity index (χ2v) is 6.39. The molecule has 0 aliphatic rings. The molecule has 5 aromatic rings. The zero-order valence-corrected chi connectivity index (χ0v) is 15.3. The lowest BCUT2D eigenvalue weighted by Crippen LogP contribution is -2.01. The van der Waals surface area contributed by atoms with Crippen LogP contribution in [0, 0.1) is 0 Å². The van der Waals surface area contributed by atoms with Gasteiger partial charge in [-0.3, -0.25) is 5.10 Å². The molecule has 28 heavy (non-hydrogen) atoms. The fourth-order valence-electron chi connectivity index (χ4n) is 3.22. The van der Waals surface area contributed by atoms with Gasteiger partial charge in [0.25, 0.3) is 0 Å². The van der Waals surface area contributed by atoms with Gasteiger partial charge in [0.1, 0.15) is 5.75 Å². The fourth-order valence-corrected chi connectivity index (χ4v) is 3.22. The summed E-state index contributed by atoms with van der Waals surface area (Å²) >= 11 is 0. The van der Waals surface area contributed by atoms with Gasteiger partial charge in [0, 0.05) is 41.3 Å². The van der Waals surface area contributed by atoms with Crippen LogP contribution < -0.4 is 10.1 Å². The topological polar surface area (TPSA) is 80.1 Å². The Balaban J connectivity index is 1.58. The van der Waals surface area contributed by atoms with Crippen molar-refractivity contribution in [2.45, 2.75) is 6.92 Å². The predicted molar refractivity (Wildman–Crippen MR) is 109 cm³/mol. The van der Waals surface area contributed by atoms with Crippen LogP contribution in [0.5, 0.6) is 5.75 Å². The Bertz CT molecular complexity index is 1270. The van der Waals surface area contributed by atoms with E-state index < -0.39 is 0 Å². The van der Waals surface area contributed by atoms with Gasteiger partial charge in [-0.15, -0.1) is 0 Å². The second-order valence-electron chi connectivity index (χ2n) is 6.39. The average Bonchev–Trinajstić information content (AvgIpc) is 3.37. The summed E-state index contributed by atoms with van der Waals surface area (Å²) in [6, 6.07) is 13.9. The highest BCUT2D eigenvalue weighted by Crippen LogP contribution is 2.27. The molecule has 0 radical (unpaired) electrons. The van der Waals surface area contributed by atoms with E-state index in [-0.39, 0.29) is 0 Å². The number of imidazole rings is 1. The summed E-state index contributed by atoms with van der Waals surface area (Å²) in [4.78, 5) is 9.28. The van der Waals surface area contributed by atoms with Crippen molar-refractivity contribution in [1.82, 2.24) is 24.6 Å². The van der Waals surface area contributed by atoms with Gasteiger partial charge < -0.3 is 14.5 Å². The third kappa shape index (κ3) is 2.92. The lowest BCUT2D eigenvalue weighted by atomic mass is 10.1. The monoisotopic (exact) mass is 370 g/mol. The van der Waals surface area contributed by atoms with Crippen LogP contribution in [0.2, 0.25) is 0 Å². The van der Waals surface area contributed by atoms with E-state index in [9.17, 15) is 0 Å². The molecule has 5 rings (SSSR count). The number of nitrogens with one attached hydrogen (secondary N) is 2. The molecule has 7 heteroatoms. The molecule has 2 N–H and O–H groups in total. The van der Waals surface area contributed by atoms with Gasteiger partial charge in [-0.2, -0.15) is 5.10 Å². The van der Waals surface area contributed by atoms with Crippen LogP contribution in [0.15, 0.2) is 67.3 Å². The number of hydrogen-bond acceptors (Lipinski definition) is 5. The van der Waals surface area contributed by atoms with E-state index in [1.54, 1.807) is 6.20 Å². The van der Waals surface area contributed by atoms with E-state index in [0.717, 1.165) is 39.2 Å². The minimum Gasteiger partial charge on any atom is -0.494 e. The summed E-state index contributed by atoms with van der Waals surface area (Å²) in [5.74, 6) is 1.49. The molecule has 0 saturated heterocycles. The number of rotatable bonds is 5.